The number of likely N-dealkylation sites (tertiary alicyclic amines) is 1. The summed E-state index contributed by atoms with van der Waals surface area (Å²) in [4.78, 5) is 2.53. The van der Waals surface area contributed by atoms with Crippen molar-refractivity contribution in [3.8, 4) is 0 Å². The SMILES string of the molecule is CC(C)N1CC2C(N)C2C1. The topological polar surface area (TPSA) is 29.3 Å². The highest BCUT2D eigenvalue weighted by Crippen LogP contribution is 2.44. The lowest BCUT2D eigenvalue weighted by atomic mass is 10.3. The molecule has 0 amide bonds. The van der Waals surface area contributed by atoms with E-state index >= 15 is 0 Å². The number of piperidine rings is 1. The number of hydrogen-bond acceptors (Lipinski definition) is 2. The second kappa shape index (κ2) is 1.95. The van der Waals surface area contributed by atoms with Gasteiger partial charge in [-0.3, -0.25) is 0 Å². The molecule has 1 heterocycles. The lowest BCUT2D eigenvalue weighted by Crippen LogP contribution is -2.33. The van der Waals surface area contributed by atoms with Crippen molar-refractivity contribution in [2.75, 3.05) is 13.1 Å². The molecule has 0 bridgehead atoms. The number of nitrogens with zero attached hydrogens (tertiary/aromatic N) is 1. The number of fused-ring (bicyclic) bond motifs is 1. The van der Waals surface area contributed by atoms with Gasteiger partial charge >= 0.3 is 0 Å². The minimum absolute atomic E-state index is 0.551. The van der Waals surface area contributed by atoms with E-state index in [0.29, 0.717) is 6.04 Å². The Morgan fingerprint density at radius 3 is 2.20 bits per heavy atom. The first-order chi connectivity index (χ1) is 4.70. The summed E-state index contributed by atoms with van der Waals surface area (Å²) in [6.45, 7) is 7.03. The normalized spacial score (nSPS) is 46.2. The minimum atomic E-state index is 0.551. The number of nitrogens with two attached hydrogens (primary N) is 1. The predicted octanol–water partition coefficient (Wildman–Crippen LogP) is 0.284. The summed E-state index contributed by atoms with van der Waals surface area (Å²) >= 11 is 0. The van der Waals surface area contributed by atoms with Crippen LogP contribution in [0.2, 0.25) is 0 Å². The molecular weight excluding hydrogens is 124 g/mol. The van der Waals surface area contributed by atoms with Crippen molar-refractivity contribution in [1.82, 2.24) is 4.90 Å². The summed E-state index contributed by atoms with van der Waals surface area (Å²) in [6, 6.07) is 1.27. The van der Waals surface area contributed by atoms with Gasteiger partial charge < -0.3 is 10.6 Å². The molecule has 0 spiro atoms. The molecule has 0 aromatic rings. The molecule has 2 aliphatic rings. The Hall–Kier alpha value is -0.0800. The Bertz CT molecular complexity index is 132. The van der Waals surface area contributed by atoms with Gasteiger partial charge in [-0.1, -0.05) is 0 Å². The van der Waals surface area contributed by atoms with Gasteiger partial charge in [0.15, 0.2) is 0 Å². The standard InChI is InChI=1S/C8H16N2/c1-5(2)10-3-6-7(4-10)8(6)9/h5-8H,3-4,9H2,1-2H3. The molecular formula is C8H16N2. The van der Waals surface area contributed by atoms with Crippen LogP contribution in [-0.4, -0.2) is 30.1 Å². The fraction of sp³-hybridized carbons (Fsp3) is 1.00. The molecule has 1 saturated carbocycles. The first-order valence-electron chi connectivity index (χ1n) is 4.20. The van der Waals surface area contributed by atoms with Gasteiger partial charge in [0, 0.05) is 25.2 Å². The highest BCUT2D eigenvalue weighted by atomic mass is 15.2. The average Bonchev–Trinajstić information content (AvgIpc) is 2.38. The zero-order valence-electron chi connectivity index (χ0n) is 6.75. The molecule has 2 rings (SSSR count). The molecule has 58 valence electrons. The van der Waals surface area contributed by atoms with Crippen molar-refractivity contribution < 1.29 is 0 Å². The molecule has 2 fully saturated rings. The van der Waals surface area contributed by atoms with Gasteiger partial charge in [-0.25, -0.2) is 0 Å². The molecule has 0 aromatic heterocycles. The lowest BCUT2D eigenvalue weighted by molar-refractivity contribution is 0.243. The Labute approximate surface area is 62.4 Å². The number of rotatable bonds is 1. The predicted molar refractivity (Wildman–Crippen MR) is 41.7 cm³/mol. The largest absolute Gasteiger partial charge is 0.327 e. The molecule has 10 heavy (non-hydrogen) atoms. The summed E-state index contributed by atoms with van der Waals surface area (Å²) in [5.41, 5.74) is 5.81. The molecule has 0 aromatic carbocycles. The van der Waals surface area contributed by atoms with Crippen LogP contribution >= 0.6 is 0 Å². The summed E-state index contributed by atoms with van der Waals surface area (Å²) in [5, 5.41) is 0. The van der Waals surface area contributed by atoms with Gasteiger partial charge in [0.1, 0.15) is 0 Å². The van der Waals surface area contributed by atoms with E-state index in [1.165, 1.54) is 13.1 Å². The third-order valence-corrected chi connectivity index (χ3v) is 3.02. The third-order valence-electron chi connectivity index (χ3n) is 3.02. The van der Waals surface area contributed by atoms with Gasteiger partial charge in [-0.15, -0.1) is 0 Å². The van der Waals surface area contributed by atoms with Crippen LogP contribution in [0.15, 0.2) is 0 Å². The summed E-state index contributed by atoms with van der Waals surface area (Å²) < 4.78 is 0. The maximum Gasteiger partial charge on any atom is 0.0127 e. The van der Waals surface area contributed by atoms with E-state index < -0.39 is 0 Å². The first kappa shape index (κ1) is 6.62. The molecule has 0 radical (unpaired) electrons. The lowest BCUT2D eigenvalue weighted by Gasteiger charge is -2.22. The summed E-state index contributed by atoms with van der Waals surface area (Å²) in [7, 11) is 0. The highest BCUT2D eigenvalue weighted by Gasteiger charge is 2.53. The first-order valence-corrected chi connectivity index (χ1v) is 4.20. The molecule has 2 atom stereocenters. The Morgan fingerprint density at radius 1 is 1.30 bits per heavy atom. The van der Waals surface area contributed by atoms with E-state index in [0.717, 1.165) is 17.9 Å². The molecule has 2 heteroatoms. The monoisotopic (exact) mass is 140 g/mol. The second-order valence-electron chi connectivity index (χ2n) is 3.95. The zero-order valence-corrected chi connectivity index (χ0v) is 6.75. The second-order valence-corrected chi connectivity index (χ2v) is 3.95. The minimum Gasteiger partial charge on any atom is -0.327 e. The van der Waals surface area contributed by atoms with Crippen molar-refractivity contribution in [2.45, 2.75) is 25.9 Å². The van der Waals surface area contributed by atoms with E-state index in [1.807, 2.05) is 0 Å². The van der Waals surface area contributed by atoms with Crippen LogP contribution in [0, 0.1) is 11.8 Å². The van der Waals surface area contributed by atoms with Gasteiger partial charge in [0.25, 0.3) is 0 Å². The van der Waals surface area contributed by atoms with E-state index in [4.69, 9.17) is 5.73 Å². The number of hydrogen-bond donors (Lipinski definition) is 1. The average molecular weight is 140 g/mol. The third kappa shape index (κ3) is 0.789. The van der Waals surface area contributed by atoms with Crippen LogP contribution in [0.3, 0.4) is 0 Å². The molecule has 2 N–H and O–H groups in total. The van der Waals surface area contributed by atoms with Crippen molar-refractivity contribution in [1.29, 1.82) is 0 Å². The van der Waals surface area contributed by atoms with Crippen LogP contribution in [0.1, 0.15) is 13.8 Å². The molecule has 2 nitrogen and oxygen atoms in total. The molecule has 1 saturated heterocycles. The van der Waals surface area contributed by atoms with Gasteiger partial charge in [0.2, 0.25) is 0 Å². The zero-order chi connectivity index (χ0) is 7.30. The van der Waals surface area contributed by atoms with Crippen molar-refractivity contribution in [2.24, 2.45) is 17.6 Å². The van der Waals surface area contributed by atoms with Crippen LogP contribution in [0.4, 0.5) is 0 Å². The van der Waals surface area contributed by atoms with Gasteiger partial charge in [-0.05, 0) is 25.7 Å². The van der Waals surface area contributed by atoms with E-state index in [9.17, 15) is 0 Å². The fourth-order valence-corrected chi connectivity index (χ4v) is 2.03. The smallest absolute Gasteiger partial charge is 0.0127 e. The van der Waals surface area contributed by atoms with Crippen LogP contribution in [-0.2, 0) is 0 Å². The maximum absolute atomic E-state index is 5.81. The van der Waals surface area contributed by atoms with Crippen LogP contribution in [0.25, 0.3) is 0 Å². The molecule has 1 aliphatic heterocycles. The molecule has 2 unspecified atom stereocenters. The maximum atomic E-state index is 5.81. The Morgan fingerprint density at radius 2 is 1.80 bits per heavy atom. The van der Waals surface area contributed by atoms with Crippen molar-refractivity contribution in [3.05, 3.63) is 0 Å². The van der Waals surface area contributed by atoms with Gasteiger partial charge in [-0.2, -0.15) is 0 Å². The summed E-state index contributed by atoms with van der Waals surface area (Å²) in [5.74, 6) is 1.70. The van der Waals surface area contributed by atoms with Crippen LogP contribution in [0.5, 0.6) is 0 Å². The van der Waals surface area contributed by atoms with E-state index in [2.05, 4.69) is 18.7 Å². The van der Waals surface area contributed by atoms with Crippen molar-refractivity contribution >= 4 is 0 Å². The molecule has 1 aliphatic carbocycles. The summed E-state index contributed by atoms with van der Waals surface area (Å²) in [6.07, 6.45) is 0. The Kier molecular flexibility index (Phi) is 1.29. The van der Waals surface area contributed by atoms with E-state index in [1.54, 1.807) is 0 Å². The van der Waals surface area contributed by atoms with Crippen molar-refractivity contribution in [3.63, 3.8) is 0 Å². The quantitative estimate of drug-likeness (QED) is 0.567. The Balaban J connectivity index is 1.89. The van der Waals surface area contributed by atoms with Crippen LogP contribution < -0.4 is 5.73 Å². The van der Waals surface area contributed by atoms with Gasteiger partial charge in [0.05, 0.1) is 0 Å². The fourth-order valence-electron chi connectivity index (χ4n) is 2.03. The highest BCUT2D eigenvalue weighted by molar-refractivity contribution is 5.08. The van der Waals surface area contributed by atoms with E-state index in [-0.39, 0.29) is 0 Å².